The number of rotatable bonds is 9. The molecule has 37 heavy (non-hydrogen) atoms. The zero-order valence-corrected chi connectivity index (χ0v) is 21.9. The maximum Gasteiger partial charge on any atom is 0.251 e. The van der Waals surface area contributed by atoms with Crippen LogP contribution >= 0.6 is 0 Å². The quantitative estimate of drug-likeness (QED) is 0.402. The van der Waals surface area contributed by atoms with Crippen molar-refractivity contribution in [3.8, 4) is 11.1 Å². The second-order valence-corrected chi connectivity index (χ2v) is 10.2. The lowest BCUT2D eigenvalue weighted by Gasteiger charge is -2.26. The highest BCUT2D eigenvalue weighted by molar-refractivity contribution is 5.98. The van der Waals surface area contributed by atoms with Gasteiger partial charge in [-0.25, -0.2) is 0 Å². The molecule has 2 amide bonds. The number of carbonyl (C=O) groups excluding carboxylic acids is 2. The molecular formula is C32H37N3O2. The van der Waals surface area contributed by atoms with Crippen molar-refractivity contribution in [2.45, 2.75) is 57.9 Å². The van der Waals surface area contributed by atoms with Crippen LogP contribution in [0, 0.1) is 0 Å². The van der Waals surface area contributed by atoms with Gasteiger partial charge in [-0.15, -0.1) is 0 Å². The Bertz CT molecular complexity index is 1270. The molecular weight excluding hydrogens is 458 g/mol. The molecule has 3 aromatic rings. The molecule has 1 aliphatic carbocycles. The third-order valence-corrected chi connectivity index (χ3v) is 7.67. The van der Waals surface area contributed by atoms with Gasteiger partial charge in [0.1, 0.15) is 0 Å². The van der Waals surface area contributed by atoms with Gasteiger partial charge in [0.25, 0.3) is 5.91 Å². The first kappa shape index (κ1) is 25.1. The Labute approximate surface area is 220 Å². The van der Waals surface area contributed by atoms with Crippen molar-refractivity contribution in [2.75, 3.05) is 24.5 Å². The third kappa shape index (κ3) is 5.00. The molecule has 0 aromatic heterocycles. The fourth-order valence-electron chi connectivity index (χ4n) is 5.86. The monoisotopic (exact) mass is 495 g/mol. The summed E-state index contributed by atoms with van der Waals surface area (Å²) >= 11 is 0. The summed E-state index contributed by atoms with van der Waals surface area (Å²) in [6.07, 6.45) is 4.94. The van der Waals surface area contributed by atoms with Gasteiger partial charge in [0.2, 0.25) is 5.91 Å². The maximum atomic E-state index is 13.5. The van der Waals surface area contributed by atoms with Crippen molar-refractivity contribution in [1.29, 1.82) is 0 Å². The predicted molar refractivity (Wildman–Crippen MR) is 150 cm³/mol. The first-order chi connectivity index (χ1) is 18.1. The SMILES string of the molecule is CCCCc1c(N2CCC(NC(=O)c3ccccc3)C2)ccc2c1C(C(=O)NCCC)c1ccccc1-2. The topological polar surface area (TPSA) is 61.4 Å². The molecule has 2 unspecified atom stereocenters. The molecule has 3 aromatic carbocycles. The van der Waals surface area contributed by atoms with E-state index in [1.54, 1.807) is 0 Å². The lowest BCUT2D eigenvalue weighted by atomic mass is 9.88. The highest BCUT2D eigenvalue weighted by Crippen LogP contribution is 2.49. The van der Waals surface area contributed by atoms with E-state index in [2.05, 4.69) is 59.7 Å². The normalized spacial score (nSPS) is 17.8. The van der Waals surface area contributed by atoms with E-state index in [0.29, 0.717) is 12.1 Å². The number of nitrogens with zero attached hydrogens (tertiary/aromatic N) is 1. The summed E-state index contributed by atoms with van der Waals surface area (Å²) in [5.74, 6) is -0.200. The summed E-state index contributed by atoms with van der Waals surface area (Å²) in [6.45, 7) is 6.65. The summed E-state index contributed by atoms with van der Waals surface area (Å²) in [5, 5.41) is 6.40. The molecule has 5 nitrogen and oxygen atoms in total. The Balaban J connectivity index is 1.47. The van der Waals surface area contributed by atoms with Gasteiger partial charge in [-0.05, 0) is 71.7 Å². The van der Waals surface area contributed by atoms with Gasteiger partial charge in [-0.1, -0.05) is 68.8 Å². The molecule has 5 rings (SSSR count). The van der Waals surface area contributed by atoms with Crippen molar-refractivity contribution in [2.24, 2.45) is 0 Å². The van der Waals surface area contributed by atoms with Crippen molar-refractivity contribution in [1.82, 2.24) is 10.6 Å². The first-order valence-corrected chi connectivity index (χ1v) is 13.8. The molecule has 1 heterocycles. The Kier molecular flexibility index (Phi) is 7.59. The van der Waals surface area contributed by atoms with E-state index in [1.165, 1.54) is 27.9 Å². The summed E-state index contributed by atoms with van der Waals surface area (Å²) < 4.78 is 0. The molecule has 1 aliphatic heterocycles. The standard InChI is InChI=1S/C32H37N3O2/c1-3-5-13-27-28(35-20-18-23(21-35)34-31(36)22-11-7-6-8-12-22)17-16-26-24-14-9-10-15-25(24)30(29(26)27)32(37)33-19-4-2/h6-12,14-17,23,30H,3-5,13,18-21H2,1-2H3,(H,33,37)(H,34,36). The molecule has 192 valence electrons. The van der Waals surface area contributed by atoms with Crippen LogP contribution in [-0.4, -0.2) is 37.5 Å². The van der Waals surface area contributed by atoms with Crippen LogP contribution in [0.4, 0.5) is 5.69 Å². The van der Waals surface area contributed by atoms with Crippen LogP contribution in [0.5, 0.6) is 0 Å². The number of benzene rings is 3. The second-order valence-electron chi connectivity index (χ2n) is 10.2. The zero-order chi connectivity index (χ0) is 25.8. The molecule has 0 bridgehead atoms. The highest BCUT2D eigenvalue weighted by atomic mass is 16.2. The maximum absolute atomic E-state index is 13.5. The molecule has 5 heteroatoms. The number of nitrogens with one attached hydrogen (secondary N) is 2. The third-order valence-electron chi connectivity index (χ3n) is 7.67. The van der Waals surface area contributed by atoms with E-state index < -0.39 is 0 Å². The molecule has 2 N–H and O–H groups in total. The molecule has 1 fully saturated rings. The average molecular weight is 496 g/mol. The van der Waals surface area contributed by atoms with Gasteiger partial charge in [0, 0.05) is 36.9 Å². The summed E-state index contributed by atoms with van der Waals surface area (Å²) in [7, 11) is 0. The molecule has 2 aliphatic rings. The van der Waals surface area contributed by atoms with E-state index in [0.717, 1.165) is 50.8 Å². The minimum atomic E-state index is -0.277. The van der Waals surface area contributed by atoms with Crippen LogP contribution in [0.2, 0.25) is 0 Å². The predicted octanol–water partition coefficient (Wildman–Crippen LogP) is 5.68. The second kappa shape index (κ2) is 11.2. The summed E-state index contributed by atoms with van der Waals surface area (Å²) in [5.41, 5.74) is 7.85. The van der Waals surface area contributed by atoms with Crippen LogP contribution < -0.4 is 15.5 Å². The van der Waals surface area contributed by atoms with Gasteiger partial charge in [0.15, 0.2) is 0 Å². The highest BCUT2D eigenvalue weighted by Gasteiger charge is 2.37. The minimum Gasteiger partial charge on any atom is -0.369 e. The van der Waals surface area contributed by atoms with Crippen LogP contribution in [0.3, 0.4) is 0 Å². The molecule has 0 saturated carbocycles. The summed E-state index contributed by atoms with van der Waals surface area (Å²) in [6, 6.07) is 22.3. The van der Waals surface area contributed by atoms with E-state index in [9.17, 15) is 9.59 Å². The largest absolute Gasteiger partial charge is 0.369 e. The van der Waals surface area contributed by atoms with Gasteiger partial charge in [-0.2, -0.15) is 0 Å². The fourth-order valence-corrected chi connectivity index (χ4v) is 5.86. The van der Waals surface area contributed by atoms with Crippen LogP contribution in [0.1, 0.15) is 72.5 Å². The van der Waals surface area contributed by atoms with Gasteiger partial charge < -0.3 is 15.5 Å². The van der Waals surface area contributed by atoms with Crippen molar-refractivity contribution in [3.63, 3.8) is 0 Å². The number of hydrogen-bond acceptors (Lipinski definition) is 3. The lowest BCUT2D eigenvalue weighted by Crippen LogP contribution is -2.37. The Hall–Kier alpha value is -3.60. The van der Waals surface area contributed by atoms with Crippen LogP contribution in [0.15, 0.2) is 66.7 Å². The number of unbranched alkanes of at least 4 members (excludes halogenated alkanes) is 1. The molecule has 2 atom stereocenters. The number of carbonyl (C=O) groups is 2. The van der Waals surface area contributed by atoms with Gasteiger partial charge in [-0.3, -0.25) is 9.59 Å². The Morgan fingerprint density at radius 3 is 2.49 bits per heavy atom. The van der Waals surface area contributed by atoms with E-state index in [-0.39, 0.29) is 23.8 Å². The van der Waals surface area contributed by atoms with E-state index >= 15 is 0 Å². The number of amides is 2. The fraction of sp³-hybridized carbons (Fsp3) is 0.375. The minimum absolute atomic E-state index is 0.0179. The van der Waals surface area contributed by atoms with E-state index in [1.807, 2.05) is 36.4 Å². The average Bonchev–Trinajstić information content (AvgIpc) is 3.53. The zero-order valence-electron chi connectivity index (χ0n) is 21.9. The number of fused-ring (bicyclic) bond motifs is 3. The van der Waals surface area contributed by atoms with Crippen molar-refractivity contribution in [3.05, 3.63) is 89.0 Å². The van der Waals surface area contributed by atoms with Crippen LogP contribution in [0.25, 0.3) is 11.1 Å². The molecule has 1 saturated heterocycles. The lowest BCUT2D eigenvalue weighted by molar-refractivity contribution is -0.121. The first-order valence-electron chi connectivity index (χ1n) is 13.8. The van der Waals surface area contributed by atoms with Crippen LogP contribution in [-0.2, 0) is 11.2 Å². The molecule has 0 spiro atoms. The van der Waals surface area contributed by atoms with Gasteiger partial charge >= 0.3 is 0 Å². The summed E-state index contributed by atoms with van der Waals surface area (Å²) in [4.78, 5) is 28.7. The Morgan fingerprint density at radius 1 is 0.919 bits per heavy atom. The van der Waals surface area contributed by atoms with Crippen molar-refractivity contribution < 1.29 is 9.59 Å². The number of anilines is 1. The van der Waals surface area contributed by atoms with Gasteiger partial charge in [0.05, 0.1) is 5.92 Å². The number of hydrogen-bond donors (Lipinski definition) is 2. The Morgan fingerprint density at radius 2 is 1.70 bits per heavy atom. The smallest absolute Gasteiger partial charge is 0.251 e. The molecule has 0 radical (unpaired) electrons. The van der Waals surface area contributed by atoms with Crippen molar-refractivity contribution >= 4 is 17.5 Å². The van der Waals surface area contributed by atoms with E-state index in [4.69, 9.17) is 0 Å².